The number of likely N-dealkylation sites (N-methyl/N-ethyl adjacent to an activating group) is 1. The predicted molar refractivity (Wildman–Crippen MR) is 276 cm³/mol. The molecule has 9 heteroatoms. The van der Waals surface area contributed by atoms with Crippen LogP contribution < -0.4 is 5.32 Å². The molecule has 0 spiro atoms. The lowest BCUT2D eigenvalue weighted by Crippen LogP contribution is -2.45. The van der Waals surface area contributed by atoms with E-state index in [4.69, 9.17) is 9.05 Å². The van der Waals surface area contributed by atoms with Crippen molar-refractivity contribution in [1.29, 1.82) is 0 Å². The van der Waals surface area contributed by atoms with Crippen molar-refractivity contribution in [2.75, 3.05) is 40.9 Å². The lowest BCUT2D eigenvalue weighted by molar-refractivity contribution is -0.870. The molecule has 0 aromatic carbocycles. The van der Waals surface area contributed by atoms with Crippen molar-refractivity contribution in [2.24, 2.45) is 0 Å². The minimum Gasteiger partial charge on any atom is -0.387 e. The topological polar surface area (TPSA) is 105 Å². The van der Waals surface area contributed by atoms with Gasteiger partial charge in [-0.15, -0.1) is 0 Å². The van der Waals surface area contributed by atoms with E-state index < -0.39 is 20.0 Å². The third-order valence-corrected chi connectivity index (χ3v) is 12.4. The molecule has 372 valence electrons. The number of hydrogen-bond acceptors (Lipinski definition) is 5. The standard InChI is InChI=1S/C55H101N2O6P/c1-6-8-10-12-14-16-18-20-22-24-26-27-28-29-31-32-34-36-38-40-42-44-46-48-54(58)53(52-63-64(60,61)62-51-50-57(3,4)5)56-55(59)49-47-45-43-41-39-37-35-33-30-25-23-21-19-17-15-13-11-9-7-2/h15,17,21,23,30-33,38,40,46,48,53-54,58H,6-14,16,18-20,22,24-29,34-37,39,41-45,47,49-52H2,1-5H3,(H-,56,59,60,61)/p+1/b17-15-,23-21-,32-31+,33-30-,40-38+,48-46+. The highest BCUT2D eigenvalue weighted by molar-refractivity contribution is 7.47. The second-order valence-corrected chi connectivity index (χ2v) is 20.3. The molecule has 0 aliphatic carbocycles. The number of carbonyl (C=O) groups excluding carboxylic acids is 1. The van der Waals surface area contributed by atoms with Crippen LogP contribution in [0.4, 0.5) is 0 Å². The molecular formula is C55H102N2O6P+. The normalized spacial score (nSPS) is 14.7. The Hall–Kier alpha value is -2.06. The van der Waals surface area contributed by atoms with Crippen molar-refractivity contribution < 1.29 is 32.9 Å². The molecule has 8 nitrogen and oxygen atoms in total. The number of allylic oxidation sites excluding steroid dienone is 11. The fourth-order valence-electron chi connectivity index (χ4n) is 7.20. The number of aliphatic hydroxyl groups is 1. The van der Waals surface area contributed by atoms with Crippen molar-refractivity contribution in [3.63, 3.8) is 0 Å². The first kappa shape index (κ1) is 61.9. The van der Waals surface area contributed by atoms with Gasteiger partial charge in [0.05, 0.1) is 39.9 Å². The fraction of sp³-hybridized carbons (Fsp3) is 0.764. The number of aliphatic hydroxyl groups excluding tert-OH is 1. The van der Waals surface area contributed by atoms with E-state index in [1.54, 1.807) is 6.08 Å². The van der Waals surface area contributed by atoms with Gasteiger partial charge >= 0.3 is 7.82 Å². The van der Waals surface area contributed by atoms with E-state index >= 15 is 0 Å². The van der Waals surface area contributed by atoms with Crippen LogP contribution in [0.3, 0.4) is 0 Å². The van der Waals surface area contributed by atoms with Gasteiger partial charge in [0.2, 0.25) is 5.91 Å². The van der Waals surface area contributed by atoms with Crippen LogP contribution in [0.25, 0.3) is 0 Å². The minimum atomic E-state index is -4.36. The van der Waals surface area contributed by atoms with Gasteiger partial charge in [0, 0.05) is 6.42 Å². The molecule has 0 saturated heterocycles. The first-order chi connectivity index (χ1) is 31.0. The van der Waals surface area contributed by atoms with Gasteiger partial charge in [-0.25, -0.2) is 4.57 Å². The van der Waals surface area contributed by atoms with Crippen LogP contribution in [0, 0.1) is 0 Å². The number of nitrogens with zero attached hydrogens (tertiary/aromatic N) is 1. The van der Waals surface area contributed by atoms with Crippen molar-refractivity contribution in [3.8, 4) is 0 Å². The maximum Gasteiger partial charge on any atom is 0.472 e. The van der Waals surface area contributed by atoms with E-state index in [2.05, 4.69) is 79.9 Å². The summed E-state index contributed by atoms with van der Waals surface area (Å²) in [6.45, 7) is 4.75. The Morgan fingerprint density at radius 2 is 0.906 bits per heavy atom. The predicted octanol–water partition coefficient (Wildman–Crippen LogP) is 15.5. The van der Waals surface area contributed by atoms with E-state index in [9.17, 15) is 19.4 Å². The summed E-state index contributed by atoms with van der Waals surface area (Å²) in [7, 11) is 1.53. The minimum absolute atomic E-state index is 0.0476. The smallest absolute Gasteiger partial charge is 0.387 e. The molecule has 0 fully saturated rings. The number of phosphoric acid groups is 1. The Morgan fingerprint density at radius 1 is 0.531 bits per heavy atom. The molecule has 3 N–H and O–H groups in total. The average molecular weight is 918 g/mol. The van der Waals surface area contributed by atoms with Crippen molar-refractivity contribution >= 4 is 13.7 Å². The number of amides is 1. The van der Waals surface area contributed by atoms with Gasteiger partial charge in [0.1, 0.15) is 13.2 Å². The van der Waals surface area contributed by atoms with E-state index in [1.807, 2.05) is 27.2 Å². The van der Waals surface area contributed by atoms with Crippen LogP contribution in [-0.4, -0.2) is 73.4 Å². The van der Waals surface area contributed by atoms with Gasteiger partial charge in [-0.1, -0.05) is 202 Å². The summed E-state index contributed by atoms with van der Waals surface area (Å²) >= 11 is 0. The molecular weight excluding hydrogens is 816 g/mol. The lowest BCUT2D eigenvalue weighted by Gasteiger charge is -2.25. The summed E-state index contributed by atoms with van der Waals surface area (Å²) in [5, 5.41) is 13.9. The van der Waals surface area contributed by atoms with Crippen LogP contribution in [-0.2, 0) is 18.4 Å². The number of quaternary nitrogens is 1. The molecule has 1 amide bonds. The number of nitrogens with one attached hydrogen (secondary N) is 1. The van der Waals surface area contributed by atoms with Crippen LogP contribution >= 0.6 is 7.82 Å². The van der Waals surface area contributed by atoms with Crippen LogP contribution in [0.2, 0.25) is 0 Å². The van der Waals surface area contributed by atoms with Gasteiger partial charge in [-0.05, 0) is 83.5 Å². The molecule has 0 saturated carbocycles. The first-order valence-electron chi connectivity index (χ1n) is 26.3. The van der Waals surface area contributed by atoms with Crippen molar-refractivity contribution in [2.45, 2.75) is 231 Å². The van der Waals surface area contributed by atoms with E-state index in [1.165, 1.54) is 128 Å². The Morgan fingerprint density at radius 3 is 1.39 bits per heavy atom. The zero-order valence-corrected chi connectivity index (χ0v) is 43.1. The maximum absolute atomic E-state index is 12.9. The quantitative estimate of drug-likeness (QED) is 0.0243. The highest BCUT2D eigenvalue weighted by Gasteiger charge is 2.27. The number of unbranched alkanes of at least 4 members (excludes halogenated alkanes) is 24. The summed E-state index contributed by atoms with van der Waals surface area (Å²) in [4.78, 5) is 23.2. The third-order valence-electron chi connectivity index (χ3n) is 11.4. The Balaban J connectivity index is 4.41. The molecule has 0 heterocycles. The van der Waals surface area contributed by atoms with E-state index in [0.29, 0.717) is 17.4 Å². The van der Waals surface area contributed by atoms with Gasteiger partial charge in [0.15, 0.2) is 0 Å². The summed E-state index contributed by atoms with van der Waals surface area (Å²) < 4.78 is 23.6. The maximum atomic E-state index is 12.9. The molecule has 0 radical (unpaired) electrons. The van der Waals surface area contributed by atoms with Gasteiger partial charge < -0.3 is 19.8 Å². The Bertz CT molecular complexity index is 1270. The Kier molecular flexibility index (Phi) is 44.6. The summed E-state index contributed by atoms with van der Waals surface area (Å²) in [6.07, 6.45) is 62.7. The zero-order valence-electron chi connectivity index (χ0n) is 42.3. The highest BCUT2D eigenvalue weighted by Crippen LogP contribution is 2.43. The highest BCUT2D eigenvalue weighted by atomic mass is 31.2. The third kappa shape index (κ3) is 47.9. The van der Waals surface area contributed by atoms with Crippen LogP contribution in [0.1, 0.15) is 219 Å². The molecule has 0 aliphatic heterocycles. The van der Waals surface area contributed by atoms with Crippen LogP contribution in [0.5, 0.6) is 0 Å². The number of carbonyl (C=O) groups is 1. The van der Waals surface area contributed by atoms with Crippen LogP contribution in [0.15, 0.2) is 72.9 Å². The second kappa shape index (κ2) is 46.1. The summed E-state index contributed by atoms with van der Waals surface area (Å²) in [5.41, 5.74) is 0. The fourth-order valence-corrected chi connectivity index (χ4v) is 7.93. The lowest BCUT2D eigenvalue weighted by atomic mass is 10.0. The van der Waals surface area contributed by atoms with E-state index in [-0.39, 0.29) is 19.1 Å². The number of hydrogen-bond donors (Lipinski definition) is 3. The van der Waals surface area contributed by atoms with Gasteiger partial charge in [-0.3, -0.25) is 13.8 Å². The number of phosphoric ester groups is 1. The molecule has 0 bridgehead atoms. The molecule has 0 rings (SSSR count). The largest absolute Gasteiger partial charge is 0.472 e. The molecule has 0 aromatic rings. The molecule has 0 aliphatic rings. The molecule has 0 aromatic heterocycles. The monoisotopic (exact) mass is 918 g/mol. The second-order valence-electron chi connectivity index (χ2n) is 18.9. The summed E-state index contributed by atoms with van der Waals surface area (Å²) in [6, 6.07) is -0.881. The number of rotatable bonds is 47. The molecule has 3 atom stereocenters. The summed E-state index contributed by atoms with van der Waals surface area (Å²) in [5.74, 6) is -0.205. The first-order valence-corrected chi connectivity index (χ1v) is 27.8. The van der Waals surface area contributed by atoms with Crippen molar-refractivity contribution in [3.05, 3.63) is 72.9 Å². The SMILES string of the molecule is CCCCC/C=C\C/C=C\C/C=C\CCCCCCCCC(=O)NC(COP(=O)(O)OCC[N+](C)(C)C)C(O)/C=C/CC/C=C/CC/C=C/CCCCCCCCCCCCCCC. The molecule has 64 heavy (non-hydrogen) atoms. The zero-order chi connectivity index (χ0) is 47.1. The van der Waals surface area contributed by atoms with Gasteiger partial charge in [0.25, 0.3) is 0 Å². The Labute approximate surface area is 395 Å². The van der Waals surface area contributed by atoms with Gasteiger partial charge in [-0.2, -0.15) is 0 Å². The average Bonchev–Trinajstić information content (AvgIpc) is 3.25. The van der Waals surface area contributed by atoms with E-state index in [0.717, 1.165) is 70.6 Å². The van der Waals surface area contributed by atoms with Crippen molar-refractivity contribution in [1.82, 2.24) is 5.32 Å². The molecule has 3 unspecified atom stereocenters.